The van der Waals surface area contributed by atoms with E-state index in [9.17, 15) is 24.6 Å². The van der Waals surface area contributed by atoms with Crippen LogP contribution in [0.1, 0.15) is 58.4 Å². The number of likely N-dealkylation sites (tertiary alicyclic amines) is 1. The van der Waals surface area contributed by atoms with Crippen LogP contribution in [0, 0.1) is 11.8 Å². The molecule has 1 aliphatic heterocycles. The monoisotopic (exact) mass is 519 g/mol. The van der Waals surface area contributed by atoms with Crippen LogP contribution >= 0.6 is 0 Å². The fourth-order valence-electron chi connectivity index (χ4n) is 8.40. The average Bonchev–Trinajstić information content (AvgIpc) is 3.57. The average molecular weight is 520 g/mol. The molecular weight excluding hydrogens is 486 g/mol. The van der Waals surface area contributed by atoms with Gasteiger partial charge in [0.15, 0.2) is 0 Å². The number of aromatic nitrogens is 1. The van der Waals surface area contributed by atoms with E-state index in [-0.39, 0.29) is 28.6 Å². The lowest BCUT2D eigenvalue weighted by atomic mass is 9.58. The first kappa shape index (κ1) is 23.9. The van der Waals surface area contributed by atoms with Crippen molar-refractivity contribution in [1.82, 2.24) is 15.2 Å². The topological polar surface area (TPSA) is 175 Å². The Bertz CT molecular complexity index is 1430. The summed E-state index contributed by atoms with van der Waals surface area (Å²) in [5.74, 6) is -0.199. The number of aliphatic hydroxyl groups excluding tert-OH is 1. The van der Waals surface area contributed by atoms with Gasteiger partial charge in [-0.05, 0) is 78.8 Å². The summed E-state index contributed by atoms with van der Waals surface area (Å²) in [7, 11) is 0. The minimum absolute atomic E-state index is 0.0723. The number of nitrogens with two attached hydrogens (primary N) is 2. The van der Waals surface area contributed by atoms with E-state index in [2.05, 4.69) is 21.3 Å². The Labute approximate surface area is 219 Å². The van der Waals surface area contributed by atoms with E-state index in [0.29, 0.717) is 18.4 Å². The second-order valence-electron chi connectivity index (χ2n) is 12.3. The number of amides is 2. The van der Waals surface area contributed by atoms with Crippen molar-refractivity contribution >= 4 is 11.8 Å². The van der Waals surface area contributed by atoms with E-state index in [0.717, 1.165) is 43.1 Å². The summed E-state index contributed by atoms with van der Waals surface area (Å²) < 4.78 is 0. The third-order valence-corrected chi connectivity index (χ3v) is 9.95. The lowest BCUT2D eigenvalue weighted by Gasteiger charge is -2.59. The molecule has 2 heterocycles. The van der Waals surface area contributed by atoms with Crippen LogP contribution in [-0.2, 0) is 28.5 Å². The zero-order chi connectivity index (χ0) is 26.6. The maximum atomic E-state index is 13.1. The Balaban J connectivity index is 1.25. The van der Waals surface area contributed by atoms with Gasteiger partial charge in [-0.3, -0.25) is 19.3 Å². The van der Waals surface area contributed by atoms with E-state index < -0.39 is 29.6 Å². The number of carbonyl (C=O) groups is 2. The highest BCUT2D eigenvalue weighted by molar-refractivity contribution is 5.97. The molecule has 2 bridgehead atoms. The summed E-state index contributed by atoms with van der Waals surface area (Å²) in [5.41, 5.74) is 14.3. The van der Waals surface area contributed by atoms with Crippen LogP contribution in [0.3, 0.4) is 0 Å². The van der Waals surface area contributed by atoms with Crippen molar-refractivity contribution in [2.75, 3.05) is 13.1 Å². The number of benzene rings is 1. The summed E-state index contributed by atoms with van der Waals surface area (Å²) in [5, 5.41) is 22.3. The number of primary amides is 1. The Kier molecular flexibility index (Phi) is 4.97. The van der Waals surface area contributed by atoms with Crippen molar-refractivity contribution in [2.45, 2.75) is 67.7 Å². The van der Waals surface area contributed by atoms with Gasteiger partial charge in [-0.15, -0.1) is 0 Å². The molecule has 8 N–H and O–H groups in total. The summed E-state index contributed by atoms with van der Waals surface area (Å²) in [6.45, 7) is 2.16. The third-order valence-electron chi connectivity index (χ3n) is 9.95. The molecule has 1 aromatic heterocycles. The van der Waals surface area contributed by atoms with Crippen molar-refractivity contribution in [1.29, 1.82) is 0 Å². The number of hydrogen-bond donors (Lipinski definition) is 6. The number of aromatic amines is 1. The van der Waals surface area contributed by atoms with E-state index in [1.54, 1.807) is 12.1 Å². The van der Waals surface area contributed by atoms with Crippen LogP contribution in [0.25, 0.3) is 0 Å². The van der Waals surface area contributed by atoms with E-state index in [4.69, 9.17) is 11.5 Å². The molecule has 7 rings (SSSR count). The summed E-state index contributed by atoms with van der Waals surface area (Å²) in [6, 6.07) is 6.70. The maximum absolute atomic E-state index is 13.1. The molecular formula is C28H33N5O5. The lowest BCUT2D eigenvalue weighted by molar-refractivity contribution is -0.120. The van der Waals surface area contributed by atoms with Gasteiger partial charge in [0.1, 0.15) is 23.6 Å². The van der Waals surface area contributed by atoms with Gasteiger partial charge in [-0.25, -0.2) is 0 Å². The van der Waals surface area contributed by atoms with E-state index >= 15 is 0 Å². The third kappa shape index (κ3) is 3.26. The predicted molar refractivity (Wildman–Crippen MR) is 137 cm³/mol. The SMILES string of the molecule is NC(=O)[C@H](CC(N)O)NC(=O)c1cc2c([nH]c1=O)C[C@@]13CC4(CN(CC5CC5)[C@H]4[C@@H]1C2)c1ccc(O)cc13. The van der Waals surface area contributed by atoms with Crippen LogP contribution < -0.4 is 22.3 Å². The van der Waals surface area contributed by atoms with Gasteiger partial charge in [-0.2, -0.15) is 0 Å². The Morgan fingerprint density at radius 3 is 2.71 bits per heavy atom. The van der Waals surface area contributed by atoms with Crippen molar-refractivity contribution in [3.05, 3.63) is 62.6 Å². The fraction of sp³-hybridized carbons (Fsp3) is 0.536. The van der Waals surface area contributed by atoms with Crippen LogP contribution in [0.2, 0.25) is 0 Å². The number of carbonyl (C=O) groups excluding carboxylic acids is 2. The highest BCUT2D eigenvalue weighted by Gasteiger charge is 2.74. The smallest absolute Gasteiger partial charge is 0.261 e. The van der Waals surface area contributed by atoms with Gasteiger partial charge in [0, 0.05) is 42.1 Å². The zero-order valence-corrected chi connectivity index (χ0v) is 21.1. The molecule has 6 atom stereocenters. The Morgan fingerprint density at radius 2 is 2.00 bits per heavy atom. The fourth-order valence-corrected chi connectivity index (χ4v) is 8.40. The number of aliphatic hydroxyl groups is 1. The Morgan fingerprint density at radius 1 is 1.21 bits per heavy atom. The summed E-state index contributed by atoms with van der Waals surface area (Å²) >= 11 is 0. The minimum atomic E-state index is -1.33. The number of hydrogen-bond acceptors (Lipinski definition) is 7. The molecule has 10 nitrogen and oxygen atoms in total. The minimum Gasteiger partial charge on any atom is -0.508 e. The maximum Gasteiger partial charge on any atom is 0.261 e. The summed E-state index contributed by atoms with van der Waals surface area (Å²) in [6.07, 6.45) is 3.40. The molecule has 2 spiro atoms. The van der Waals surface area contributed by atoms with E-state index in [1.807, 2.05) is 6.07 Å². The summed E-state index contributed by atoms with van der Waals surface area (Å²) in [4.78, 5) is 43.5. The first-order valence-electron chi connectivity index (χ1n) is 13.5. The largest absolute Gasteiger partial charge is 0.508 e. The number of rotatable bonds is 7. The number of aromatic hydroxyl groups is 1. The van der Waals surface area contributed by atoms with Crippen molar-refractivity contribution in [3.8, 4) is 5.75 Å². The molecule has 0 radical (unpaired) electrons. The molecule has 2 amide bonds. The van der Waals surface area contributed by atoms with Crippen molar-refractivity contribution in [2.24, 2.45) is 23.3 Å². The molecule has 38 heavy (non-hydrogen) atoms. The zero-order valence-electron chi connectivity index (χ0n) is 21.1. The van der Waals surface area contributed by atoms with Crippen LogP contribution in [-0.4, -0.2) is 63.3 Å². The number of phenolic OH excluding ortho intramolecular Hbond substituents is 1. The quantitative estimate of drug-likeness (QED) is 0.273. The number of phenols is 1. The second-order valence-corrected chi connectivity index (χ2v) is 12.3. The number of nitrogens with one attached hydrogen (secondary N) is 2. The standard InChI is InChI=1S/C28H33N5O5/c29-22(35)8-20(24(30)36)31-25(37)16-5-14-6-19-23-28(12-33(23)10-13-1-2-13)11-27(19,9-21(14)32-26(16)38)18-7-15(34)3-4-17(18)28/h3-5,7,13,19-20,22-23,34-35H,1-2,6,8-12,29H2,(H2,30,36)(H,31,37)(H,32,38)/t19-,20-,22?,23-,27-,28?/m0/s1. The first-order valence-corrected chi connectivity index (χ1v) is 13.5. The number of H-pyrrole nitrogens is 1. The van der Waals surface area contributed by atoms with Crippen molar-refractivity contribution < 1.29 is 19.8 Å². The van der Waals surface area contributed by atoms with Gasteiger partial charge < -0.3 is 32.0 Å². The molecule has 1 saturated heterocycles. The number of fused-ring (bicyclic) bond motifs is 3. The number of pyridine rings is 1. The molecule has 200 valence electrons. The molecule has 3 fully saturated rings. The molecule has 10 heteroatoms. The molecule has 2 aromatic rings. The van der Waals surface area contributed by atoms with E-state index in [1.165, 1.54) is 24.0 Å². The van der Waals surface area contributed by atoms with Crippen LogP contribution in [0.5, 0.6) is 5.75 Å². The first-order chi connectivity index (χ1) is 18.1. The van der Waals surface area contributed by atoms with Gasteiger partial charge in [-0.1, -0.05) is 6.07 Å². The van der Waals surface area contributed by atoms with Gasteiger partial charge in [0.25, 0.3) is 11.5 Å². The highest BCUT2D eigenvalue weighted by Crippen LogP contribution is 2.71. The second kappa shape index (κ2) is 7.91. The molecule has 1 aromatic carbocycles. The lowest BCUT2D eigenvalue weighted by Crippen LogP contribution is -2.68. The molecule has 2 unspecified atom stereocenters. The normalized spacial score (nSPS) is 31.8. The van der Waals surface area contributed by atoms with Crippen molar-refractivity contribution in [3.63, 3.8) is 0 Å². The van der Waals surface area contributed by atoms with Gasteiger partial charge in [0.05, 0.1) is 0 Å². The van der Waals surface area contributed by atoms with Crippen LogP contribution in [0.15, 0.2) is 29.1 Å². The molecule has 2 saturated carbocycles. The molecule has 5 aliphatic rings. The highest BCUT2D eigenvalue weighted by atomic mass is 16.3. The predicted octanol–water partition coefficient (Wildman–Crippen LogP) is -0.266. The van der Waals surface area contributed by atoms with Gasteiger partial charge in [0.2, 0.25) is 5.91 Å². The molecule has 4 aliphatic carbocycles. The van der Waals surface area contributed by atoms with Crippen LogP contribution in [0.4, 0.5) is 0 Å². The number of nitrogens with zero attached hydrogens (tertiary/aromatic N) is 1. The van der Waals surface area contributed by atoms with Gasteiger partial charge >= 0.3 is 0 Å². The Hall–Kier alpha value is -3.21.